The van der Waals surface area contributed by atoms with Gasteiger partial charge < -0.3 is 4.74 Å². The zero-order chi connectivity index (χ0) is 12.1. The Labute approximate surface area is 98.0 Å². The van der Waals surface area contributed by atoms with Gasteiger partial charge >= 0.3 is 0 Å². The van der Waals surface area contributed by atoms with Crippen molar-refractivity contribution in [1.29, 1.82) is 0 Å². The first-order chi connectivity index (χ1) is 8.24. The number of aromatic amines is 1. The van der Waals surface area contributed by atoms with Gasteiger partial charge in [-0.3, -0.25) is 10.1 Å². The quantitative estimate of drug-likeness (QED) is 0.828. The van der Waals surface area contributed by atoms with E-state index < -0.39 is 0 Å². The highest BCUT2D eigenvalue weighted by Gasteiger charge is 2.05. The van der Waals surface area contributed by atoms with Gasteiger partial charge in [0.25, 0.3) is 5.91 Å². The standard InChI is InChI=1S/C11H12N4O2/c1-8-3-2-4-9(5-8)17-6-10(16)14-11-12-7-13-15-11/h2-5,7H,6H2,1H3,(H2,12,13,14,15,16). The van der Waals surface area contributed by atoms with Crippen LogP contribution < -0.4 is 10.1 Å². The van der Waals surface area contributed by atoms with Gasteiger partial charge in [0.15, 0.2) is 6.61 Å². The number of carbonyl (C=O) groups is 1. The van der Waals surface area contributed by atoms with Gasteiger partial charge in [-0.2, -0.15) is 10.1 Å². The zero-order valence-corrected chi connectivity index (χ0v) is 9.30. The van der Waals surface area contributed by atoms with Crippen LogP contribution in [0, 0.1) is 6.92 Å². The van der Waals surface area contributed by atoms with E-state index in [-0.39, 0.29) is 12.5 Å². The fraction of sp³-hybridized carbons (Fsp3) is 0.182. The number of hydrogen-bond donors (Lipinski definition) is 2. The highest BCUT2D eigenvalue weighted by molar-refractivity contribution is 5.90. The number of amides is 1. The molecule has 0 unspecified atom stereocenters. The maximum atomic E-state index is 11.4. The summed E-state index contributed by atoms with van der Waals surface area (Å²) in [5, 5.41) is 8.65. The zero-order valence-electron chi connectivity index (χ0n) is 9.30. The molecule has 0 radical (unpaired) electrons. The molecule has 0 saturated heterocycles. The molecular formula is C11H12N4O2. The summed E-state index contributed by atoms with van der Waals surface area (Å²) in [5.74, 6) is 0.684. The topological polar surface area (TPSA) is 79.9 Å². The Hall–Kier alpha value is -2.37. The molecule has 2 N–H and O–H groups in total. The second kappa shape index (κ2) is 5.11. The van der Waals surface area contributed by atoms with E-state index in [1.807, 2.05) is 25.1 Å². The minimum Gasteiger partial charge on any atom is -0.484 e. The second-order valence-corrected chi connectivity index (χ2v) is 3.49. The van der Waals surface area contributed by atoms with E-state index in [0.29, 0.717) is 11.7 Å². The third-order valence-electron chi connectivity index (χ3n) is 2.03. The van der Waals surface area contributed by atoms with E-state index in [1.54, 1.807) is 6.07 Å². The highest BCUT2D eigenvalue weighted by Crippen LogP contribution is 2.12. The Bertz CT molecular complexity index is 496. The number of hydrogen-bond acceptors (Lipinski definition) is 4. The SMILES string of the molecule is Cc1cccc(OCC(=O)Nc2ncn[nH]2)c1. The molecule has 1 heterocycles. The average Bonchev–Trinajstić information content (AvgIpc) is 2.79. The molecule has 0 spiro atoms. The van der Waals surface area contributed by atoms with Crippen molar-refractivity contribution in [2.75, 3.05) is 11.9 Å². The number of anilines is 1. The summed E-state index contributed by atoms with van der Waals surface area (Å²) in [6.45, 7) is 1.89. The number of H-pyrrole nitrogens is 1. The average molecular weight is 232 g/mol. The number of aromatic nitrogens is 3. The Balaban J connectivity index is 1.84. The molecule has 1 aromatic heterocycles. The number of aryl methyl sites for hydroxylation is 1. The molecule has 0 saturated carbocycles. The summed E-state index contributed by atoms with van der Waals surface area (Å²) in [4.78, 5) is 15.2. The molecule has 1 aromatic carbocycles. The van der Waals surface area contributed by atoms with E-state index in [1.165, 1.54) is 6.33 Å². The molecule has 6 nitrogen and oxygen atoms in total. The van der Waals surface area contributed by atoms with Gasteiger partial charge in [-0.1, -0.05) is 12.1 Å². The van der Waals surface area contributed by atoms with Gasteiger partial charge in [0.2, 0.25) is 5.95 Å². The molecule has 88 valence electrons. The van der Waals surface area contributed by atoms with Gasteiger partial charge in [0, 0.05) is 0 Å². The lowest BCUT2D eigenvalue weighted by Crippen LogP contribution is -2.20. The molecule has 0 aliphatic heterocycles. The minimum atomic E-state index is -0.289. The molecule has 2 aromatic rings. The van der Waals surface area contributed by atoms with Crippen LogP contribution in [-0.4, -0.2) is 27.7 Å². The maximum Gasteiger partial charge on any atom is 0.264 e. The fourth-order valence-electron chi connectivity index (χ4n) is 1.29. The van der Waals surface area contributed by atoms with Crippen LogP contribution >= 0.6 is 0 Å². The maximum absolute atomic E-state index is 11.4. The summed E-state index contributed by atoms with van der Waals surface area (Å²) in [6, 6.07) is 7.50. The van der Waals surface area contributed by atoms with Crippen molar-refractivity contribution in [3.63, 3.8) is 0 Å². The Kier molecular flexibility index (Phi) is 3.34. The number of carbonyl (C=O) groups excluding carboxylic acids is 1. The van der Waals surface area contributed by atoms with Gasteiger partial charge in [-0.25, -0.2) is 5.10 Å². The van der Waals surface area contributed by atoms with E-state index in [4.69, 9.17) is 4.74 Å². The Morgan fingerprint density at radius 1 is 1.53 bits per heavy atom. The molecule has 0 aliphatic rings. The summed E-state index contributed by atoms with van der Waals surface area (Å²) in [7, 11) is 0. The largest absolute Gasteiger partial charge is 0.484 e. The minimum absolute atomic E-state index is 0.0653. The first kappa shape index (κ1) is 11.1. The van der Waals surface area contributed by atoms with Crippen molar-refractivity contribution in [3.05, 3.63) is 36.2 Å². The van der Waals surface area contributed by atoms with Crippen LogP contribution in [0.25, 0.3) is 0 Å². The summed E-state index contributed by atoms with van der Waals surface area (Å²) in [5.41, 5.74) is 1.08. The van der Waals surface area contributed by atoms with Crippen molar-refractivity contribution in [1.82, 2.24) is 15.2 Å². The van der Waals surface area contributed by atoms with Gasteiger partial charge in [-0.15, -0.1) is 0 Å². The molecule has 0 bridgehead atoms. The Morgan fingerprint density at radius 2 is 2.41 bits per heavy atom. The summed E-state index contributed by atoms with van der Waals surface area (Å²) < 4.78 is 5.32. The molecule has 0 atom stereocenters. The first-order valence-electron chi connectivity index (χ1n) is 5.09. The molecule has 17 heavy (non-hydrogen) atoms. The number of benzene rings is 1. The molecule has 0 fully saturated rings. The van der Waals surface area contributed by atoms with Gasteiger partial charge in [0.1, 0.15) is 12.1 Å². The molecular weight excluding hydrogens is 220 g/mol. The number of nitrogens with zero attached hydrogens (tertiary/aromatic N) is 2. The summed E-state index contributed by atoms with van der Waals surface area (Å²) in [6.07, 6.45) is 1.32. The Morgan fingerprint density at radius 3 is 3.12 bits per heavy atom. The monoisotopic (exact) mass is 232 g/mol. The van der Waals surface area contributed by atoms with Crippen molar-refractivity contribution < 1.29 is 9.53 Å². The van der Waals surface area contributed by atoms with Gasteiger partial charge in [-0.05, 0) is 24.6 Å². The van der Waals surface area contributed by atoms with Crippen molar-refractivity contribution in [2.24, 2.45) is 0 Å². The third-order valence-corrected chi connectivity index (χ3v) is 2.03. The predicted molar refractivity (Wildman–Crippen MR) is 61.7 cm³/mol. The van der Waals surface area contributed by atoms with E-state index in [9.17, 15) is 4.79 Å². The van der Waals surface area contributed by atoms with Crippen LogP contribution in [0.3, 0.4) is 0 Å². The predicted octanol–water partition coefficient (Wildman–Crippen LogP) is 1.13. The fourth-order valence-corrected chi connectivity index (χ4v) is 1.29. The second-order valence-electron chi connectivity index (χ2n) is 3.49. The van der Waals surface area contributed by atoms with E-state index >= 15 is 0 Å². The first-order valence-corrected chi connectivity index (χ1v) is 5.09. The van der Waals surface area contributed by atoms with Crippen molar-refractivity contribution in [2.45, 2.75) is 6.92 Å². The van der Waals surface area contributed by atoms with Crippen molar-refractivity contribution in [3.8, 4) is 5.75 Å². The van der Waals surface area contributed by atoms with Crippen LogP contribution in [0.5, 0.6) is 5.75 Å². The van der Waals surface area contributed by atoms with E-state index in [0.717, 1.165) is 5.56 Å². The lowest BCUT2D eigenvalue weighted by atomic mass is 10.2. The number of ether oxygens (including phenoxy) is 1. The highest BCUT2D eigenvalue weighted by atomic mass is 16.5. The molecule has 1 amide bonds. The lowest BCUT2D eigenvalue weighted by molar-refractivity contribution is -0.118. The summed E-state index contributed by atoms with van der Waals surface area (Å²) >= 11 is 0. The number of rotatable bonds is 4. The van der Waals surface area contributed by atoms with Crippen LogP contribution in [-0.2, 0) is 4.79 Å². The van der Waals surface area contributed by atoms with Crippen LogP contribution in [0.15, 0.2) is 30.6 Å². The van der Waals surface area contributed by atoms with Crippen molar-refractivity contribution >= 4 is 11.9 Å². The van der Waals surface area contributed by atoms with E-state index in [2.05, 4.69) is 20.5 Å². The number of nitrogens with one attached hydrogen (secondary N) is 2. The molecule has 0 aliphatic carbocycles. The smallest absolute Gasteiger partial charge is 0.264 e. The lowest BCUT2D eigenvalue weighted by Gasteiger charge is -2.06. The molecule has 2 rings (SSSR count). The molecule has 6 heteroatoms. The van der Waals surface area contributed by atoms with Crippen LogP contribution in [0.2, 0.25) is 0 Å². The van der Waals surface area contributed by atoms with Crippen LogP contribution in [0.1, 0.15) is 5.56 Å². The normalized spacial score (nSPS) is 9.94. The van der Waals surface area contributed by atoms with Gasteiger partial charge in [0.05, 0.1) is 0 Å². The third kappa shape index (κ3) is 3.30. The van der Waals surface area contributed by atoms with Crippen LogP contribution in [0.4, 0.5) is 5.95 Å².